The number of thioether (sulfide) groups is 1. The van der Waals surface area contributed by atoms with E-state index in [1.165, 1.54) is 11.9 Å². The SMILES string of the molecule is NC(=NCCCSC[C@H]1O[C@@H](n2cnc3c(NCCCc4ccccc4)ncnc32)[C@H](O)[C@@H]1O)NCCCO. The first-order chi connectivity index (χ1) is 19.1. The number of hydrogen-bond acceptors (Lipinski definition) is 10. The van der Waals surface area contributed by atoms with Crippen LogP contribution < -0.4 is 16.4 Å². The van der Waals surface area contributed by atoms with Crippen molar-refractivity contribution in [1.29, 1.82) is 0 Å². The molecular formula is C26H38N8O4S. The lowest BCUT2D eigenvalue weighted by atomic mass is 10.1. The summed E-state index contributed by atoms with van der Waals surface area (Å²) in [5.41, 5.74) is 8.18. The second-order valence-corrected chi connectivity index (χ2v) is 10.5. The Bertz CT molecular complexity index is 1180. The first-order valence-electron chi connectivity index (χ1n) is 13.3. The molecule has 0 bridgehead atoms. The summed E-state index contributed by atoms with van der Waals surface area (Å²) in [5, 5.41) is 36.5. The highest BCUT2D eigenvalue weighted by molar-refractivity contribution is 7.99. The molecule has 0 unspecified atom stereocenters. The van der Waals surface area contributed by atoms with Gasteiger partial charge in [-0.2, -0.15) is 11.8 Å². The van der Waals surface area contributed by atoms with Crippen LogP contribution in [0.5, 0.6) is 0 Å². The van der Waals surface area contributed by atoms with Crippen LogP contribution in [-0.4, -0.2) is 96.9 Å². The number of nitrogens with zero attached hydrogens (tertiary/aromatic N) is 5. The first kappa shape index (κ1) is 29.0. The zero-order valence-electron chi connectivity index (χ0n) is 21.9. The first-order valence-corrected chi connectivity index (χ1v) is 14.4. The molecule has 0 aliphatic carbocycles. The Kier molecular flexibility index (Phi) is 11.2. The van der Waals surface area contributed by atoms with Crippen LogP contribution >= 0.6 is 11.8 Å². The Morgan fingerprint density at radius 1 is 1.08 bits per heavy atom. The van der Waals surface area contributed by atoms with E-state index in [1.54, 1.807) is 22.7 Å². The van der Waals surface area contributed by atoms with E-state index in [2.05, 4.69) is 42.7 Å². The van der Waals surface area contributed by atoms with Crippen molar-refractivity contribution in [2.75, 3.05) is 43.1 Å². The smallest absolute Gasteiger partial charge is 0.188 e. The molecule has 2 aromatic heterocycles. The van der Waals surface area contributed by atoms with Crippen molar-refractivity contribution in [3.05, 3.63) is 48.5 Å². The Morgan fingerprint density at radius 3 is 2.74 bits per heavy atom. The summed E-state index contributed by atoms with van der Waals surface area (Å²) in [6, 6.07) is 10.3. The Hall–Kier alpha value is -2.97. The lowest BCUT2D eigenvalue weighted by molar-refractivity contribution is -0.0289. The van der Waals surface area contributed by atoms with E-state index in [9.17, 15) is 10.2 Å². The second kappa shape index (κ2) is 15.0. The van der Waals surface area contributed by atoms with Crippen molar-refractivity contribution in [3.8, 4) is 0 Å². The van der Waals surface area contributed by atoms with E-state index in [4.69, 9.17) is 15.6 Å². The maximum absolute atomic E-state index is 10.8. The third-order valence-electron chi connectivity index (χ3n) is 6.40. The van der Waals surface area contributed by atoms with Crippen molar-refractivity contribution < 1.29 is 20.1 Å². The second-order valence-electron chi connectivity index (χ2n) is 9.31. The van der Waals surface area contributed by atoms with Crippen LogP contribution in [-0.2, 0) is 11.2 Å². The Morgan fingerprint density at radius 2 is 1.92 bits per heavy atom. The van der Waals surface area contributed by atoms with Crippen LogP contribution in [0, 0.1) is 0 Å². The molecule has 3 heterocycles. The predicted molar refractivity (Wildman–Crippen MR) is 153 cm³/mol. The van der Waals surface area contributed by atoms with Gasteiger partial charge in [-0.1, -0.05) is 30.3 Å². The van der Waals surface area contributed by atoms with Gasteiger partial charge in [0.15, 0.2) is 29.2 Å². The number of anilines is 1. The van der Waals surface area contributed by atoms with Gasteiger partial charge in [-0.25, -0.2) is 15.0 Å². The molecule has 0 saturated carbocycles. The van der Waals surface area contributed by atoms with E-state index in [0.29, 0.717) is 48.2 Å². The molecule has 12 nitrogen and oxygen atoms in total. The predicted octanol–water partition coefficient (Wildman–Crippen LogP) is 0.900. The number of aliphatic hydroxyl groups is 3. The largest absolute Gasteiger partial charge is 0.396 e. The monoisotopic (exact) mass is 558 g/mol. The molecule has 212 valence electrons. The molecule has 1 aliphatic rings. The lowest BCUT2D eigenvalue weighted by Crippen LogP contribution is -2.33. The van der Waals surface area contributed by atoms with Crippen molar-refractivity contribution in [2.45, 2.75) is 50.2 Å². The van der Waals surface area contributed by atoms with Gasteiger partial charge in [-0.3, -0.25) is 9.56 Å². The number of aliphatic hydroxyl groups excluding tert-OH is 3. The van der Waals surface area contributed by atoms with Gasteiger partial charge in [-0.15, -0.1) is 0 Å². The van der Waals surface area contributed by atoms with Crippen LogP contribution in [0.1, 0.15) is 31.1 Å². The quantitative estimate of drug-likeness (QED) is 0.0888. The minimum Gasteiger partial charge on any atom is -0.396 e. The summed E-state index contributed by atoms with van der Waals surface area (Å²) in [5.74, 6) is 2.33. The third-order valence-corrected chi connectivity index (χ3v) is 7.54. The molecule has 1 saturated heterocycles. The molecule has 0 amide bonds. The molecule has 1 aromatic carbocycles. The number of guanidine groups is 1. The number of nitrogens with two attached hydrogens (primary N) is 1. The maximum atomic E-state index is 10.8. The van der Waals surface area contributed by atoms with Gasteiger partial charge in [0, 0.05) is 32.0 Å². The number of aryl methyl sites for hydroxylation is 1. The van der Waals surface area contributed by atoms with Crippen molar-refractivity contribution in [1.82, 2.24) is 24.8 Å². The fraction of sp³-hybridized carbons (Fsp3) is 0.538. The number of imidazole rings is 1. The van der Waals surface area contributed by atoms with Gasteiger partial charge >= 0.3 is 0 Å². The maximum Gasteiger partial charge on any atom is 0.188 e. The summed E-state index contributed by atoms with van der Waals surface area (Å²) in [7, 11) is 0. The zero-order chi connectivity index (χ0) is 27.5. The standard InChI is InChI=1S/C26H38N8O4S/c27-26(29-11-5-13-35)30-12-6-14-39-15-19-21(36)22(37)25(38-19)34-17-33-20-23(31-16-32-24(20)34)28-10-4-9-18-7-2-1-3-8-18/h1-3,7-8,16-17,19,21-22,25,35-37H,4-6,9-15H2,(H3,27,29,30)(H,28,31,32)/t19-,21-,22-,25-/m1/s1. The number of rotatable bonds is 15. The van der Waals surface area contributed by atoms with Crippen molar-refractivity contribution >= 4 is 34.7 Å². The average molecular weight is 559 g/mol. The number of fused-ring (bicyclic) bond motifs is 1. The highest BCUT2D eigenvalue weighted by atomic mass is 32.2. The molecule has 7 N–H and O–H groups in total. The highest BCUT2D eigenvalue weighted by Crippen LogP contribution is 2.33. The van der Waals surface area contributed by atoms with E-state index in [-0.39, 0.29) is 6.61 Å². The molecule has 13 heteroatoms. The van der Waals surface area contributed by atoms with E-state index >= 15 is 0 Å². The van der Waals surface area contributed by atoms with Gasteiger partial charge in [0.2, 0.25) is 0 Å². The van der Waals surface area contributed by atoms with Gasteiger partial charge in [0.25, 0.3) is 0 Å². The van der Waals surface area contributed by atoms with Gasteiger partial charge in [0.1, 0.15) is 18.5 Å². The molecule has 39 heavy (non-hydrogen) atoms. The van der Waals surface area contributed by atoms with Gasteiger partial charge in [0.05, 0.1) is 12.4 Å². The lowest BCUT2D eigenvalue weighted by Gasteiger charge is -2.16. The van der Waals surface area contributed by atoms with Crippen LogP contribution in [0.4, 0.5) is 5.82 Å². The molecular weight excluding hydrogens is 520 g/mol. The number of nitrogens with one attached hydrogen (secondary N) is 2. The van der Waals surface area contributed by atoms with Crippen LogP contribution in [0.3, 0.4) is 0 Å². The van der Waals surface area contributed by atoms with Gasteiger partial charge < -0.3 is 36.4 Å². The summed E-state index contributed by atoms with van der Waals surface area (Å²) in [6.07, 6.45) is 2.90. The molecule has 0 spiro atoms. The fourth-order valence-electron chi connectivity index (χ4n) is 4.33. The molecule has 4 rings (SSSR count). The summed E-state index contributed by atoms with van der Waals surface area (Å²) >= 11 is 1.62. The summed E-state index contributed by atoms with van der Waals surface area (Å²) < 4.78 is 7.73. The van der Waals surface area contributed by atoms with E-state index < -0.39 is 24.5 Å². The van der Waals surface area contributed by atoms with Gasteiger partial charge in [-0.05, 0) is 37.0 Å². The normalized spacial score (nSPS) is 21.5. The Labute approximate surface area is 232 Å². The molecule has 3 aromatic rings. The highest BCUT2D eigenvalue weighted by Gasteiger charge is 2.44. The number of hydrogen-bond donors (Lipinski definition) is 6. The fourth-order valence-corrected chi connectivity index (χ4v) is 5.33. The molecule has 0 radical (unpaired) electrons. The topological polar surface area (TPSA) is 176 Å². The molecule has 1 fully saturated rings. The minimum atomic E-state index is -1.11. The van der Waals surface area contributed by atoms with Crippen molar-refractivity contribution in [2.24, 2.45) is 10.7 Å². The number of benzene rings is 1. The van der Waals surface area contributed by atoms with E-state index in [1.807, 2.05) is 18.2 Å². The average Bonchev–Trinajstić information content (AvgIpc) is 3.50. The van der Waals surface area contributed by atoms with Crippen molar-refractivity contribution in [3.63, 3.8) is 0 Å². The van der Waals surface area contributed by atoms with E-state index in [0.717, 1.165) is 31.6 Å². The zero-order valence-corrected chi connectivity index (χ0v) is 22.7. The van der Waals surface area contributed by atoms with Crippen LogP contribution in [0.15, 0.2) is 48.0 Å². The van der Waals surface area contributed by atoms with Crippen LogP contribution in [0.2, 0.25) is 0 Å². The number of aliphatic imine (C=N–C) groups is 1. The summed E-state index contributed by atoms with van der Waals surface area (Å²) in [4.78, 5) is 17.4. The molecule has 1 aliphatic heterocycles. The third kappa shape index (κ3) is 8.02. The Balaban J connectivity index is 1.26. The number of ether oxygens (including phenoxy) is 1. The summed E-state index contributed by atoms with van der Waals surface area (Å²) in [6.45, 7) is 2.01. The minimum absolute atomic E-state index is 0.111. The number of aromatic nitrogens is 4. The molecule has 4 atom stereocenters. The van der Waals surface area contributed by atoms with Crippen LogP contribution in [0.25, 0.3) is 11.2 Å².